The lowest BCUT2D eigenvalue weighted by molar-refractivity contribution is 0.218. The van der Waals surface area contributed by atoms with Crippen molar-refractivity contribution in [2.45, 2.75) is 32.4 Å². The van der Waals surface area contributed by atoms with E-state index in [-0.39, 0.29) is 6.03 Å². The fourth-order valence-electron chi connectivity index (χ4n) is 4.87. The van der Waals surface area contributed by atoms with Gasteiger partial charge in [-0.1, -0.05) is 0 Å². The fourth-order valence-corrected chi connectivity index (χ4v) is 4.87. The number of H-pyrrole nitrogens is 1. The molecular weight excluding hydrogens is 368 g/mol. The van der Waals surface area contributed by atoms with Crippen LogP contribution in [0.4, 0.5) is 16.3 Å². The minimum atomic E-state index is -0.0233. The number of aryl methyl sites for hydroxylation is 1. The number of nitrogens with zero attached hydrogens (tertiary/aromatic N) is 6. The van der Waals surface area contributed by atoms with Gasteiger partial charge in [0.1, 0.15) is 17.8 Å². The predicted molar refractivity (Wildman–Crippen MR) is 111 cm³/mol. The van der Waals surface area contributed by atoms with Gasteiger partial charge in [0.25, 0.3) is 0 Å². The molecule has 2 amide bonds. The summed E-state index contributed by atoms with van der Waals surface area (Å²) in [6.45, 7) is 4.44. The van der Waals surface area contributed by atoms with Gasteiger partial charge in [-0.3, -0.25) is 4.68 Å². The van der Waals surface area contributed by atoms with Crippen molar-refractivity contribution in [2.24, 2.45) is 11.8 Å². The van der Waals surface area contributed by atoms with Crippen LogP contribution >= 0.6 is 0 Å². The summed E-state index contributed by atoms with van der Waals surface area (Å²) in [5.74, 6) is 2.05. The Labute approximate surface area is 169 Å². The van der Waals surface area contributed by atoms with Gasteiger partial charge < -0.3 is 20.1 Å². The first-order valence-electron chi connectivity index (χ1n) is 10.2. The minimum absolute atomic E-state index is 0.0233. The van der Waals surface area contributed by atoms with Crippen LogP contribution in [0.15, 0.2) is 31.0 Å². The third-order valence-corrected chi connectivity index (χ3v) is 6.44. The van der Waals surface area contributed by atoms with Gasteiger partial charge in [-0.15, -0.1) is 0 Å². The van der Waals surface area contributed by atoms with Crippen molar-refractivity contribution < 1.29 is 4.79 Å². The van der Waals surface area contributed by atoms with Gasteiger partial charge in [0.2, 0.25) is 0 Å². The SMILES string of the molecule is CCn1cc(NC(=O)N2CC3C[C@H](N(C)c4ncnc5[nH]ccc45)C[C@H]3C2)cn1. The maximum absolute atomic E-state index is 12.6. The third kappa shape index (κ3) is 3.20. The summed E-state index contributed by atoms with van der Waals surface area (Å²) < 4.78 is 1.81. The molecule has 9 heteroatoms. The number of amides is 2. The Morgan fingerprint density at radius 1 is 1.31 bits per heavy atom. The van der Waals surface area contributed by atoms with Crippen LogP contribution in [0.5, 0.6) is 0 Å². The van der Waals surface area contributed by atoms with Crippen LogP contribution in [0.2, 0.25) is 0 Å². The first-order valence-corrected chi connectivity index (χ1v) is 10.2. The van der Waals surface area contributed by atoms with E-state index in [0.29, 0.717) is 17.9 Å². The molecule has 2 aliphatic rings. The van der Waals surface area contributed by atoms with Gasteiger partial charge >= 0.3 is 6.03 Å². The van der Waals surface area contributed by atoms with Gasteiger partial charge in [0.05, 0.1) is 17.3 Å². The second-order valence-electron chi connectivity index (χ2n) is 8.11. The van der Waals surface area contributed by atoms with Crippen LogP contribution in [0.25, 0.3) is 11.0 Å². The quantitative estimate of drug-likeness (QED) is 0.709. The molecule has 1 saturated carbocycles. The number of urea groups is 1. The number of fused-ring (bicyclic) bond motifs is 2. The highest BCUT2D eigenvalue weighted by atomic mass is 16.2. The molecule has 0 bridgehead atoms. The lowest BCUT2D eigenvalue weighted by Crippen LogP contribution is -2.36. The van der Waals surface area contributed by atoms with Gasteiger partial charge in [-0.2, -0.15) is 5.10 Å². The molecule has 5 rings (SSSR count). The first kappa shape index (κ1) is 18.0. The highest BCUT2D eigenvalue weighted by Crippen LogP contribution is 2.41. The average Bonchev–Trinajstić information content (AvgIpc) is 3.48. The van der Waals surface area contributed by atoms with Crippen molar-refractivity contribution in [2.75, 3.05) is 30.4 Å². The zero-order valence-electron chi connectivity index (χ0n) is 16.7. The standard InChI is InChI=1S/C20H26N8O/c1-3-28-11-15(8-24-28)25-20(29)27-9-13-6-16(7-14(13)10-27)26(2)19-17-4-5-21-18(17)22-12-23-19/h4-5,8,11-14,16H,3,6-7,9-10H2,1-2H3,(H,25,29)(H,21,22,23)/t13-,14?,16+/m0/s1. The molecule has 3 aromatic heterocycles. The zero-order chi connectivity index (χ0) is 20.0. The number of aromatic nitrogens is 5. The summed E-state index contributed by atoms with van der Waals surface area (Å²) in [6.07, 6.45) is 9.24. The summed E-state index contributed by atoms with van der Waals surface area (Å²) in [5, 5.41) is 8.25. The topological polar surface area (TPSA) is 95.0 Å². The molecule has 9 nitrogen and oxygen atoms in total. The summed E-state index contributed by atoms with van der Waals surface area (Å²) in [4.78, 5) is 28.9. The molecule has 1 saturated heterocycles. The zero-order valence-corrected chi connectivity index (χ0v) is 16.7. The Morgan fingerprint density at radius 3 is 2.83 bits per heavy atom. The lowest BCUT2D eigenvalue weighted by atomic mass is 10.0. The second kappa shape index (κ2) is 7.06. The number of anilines is 2. The van der Waals surface area contributed by atoms with Crippen molar-refractivity contribution in [1.82, 2.24) is 29.6 Å². The fraction of sp³-hybridized carbons (Fsp3) is 0.500. The summed E-state index contributed by atoms with van der Waals surface area (Å²) >= 11 is 0. The van der Waals surface area contributed by atoms with Crippen LogP contribution in [0.1, 0.15) is 19.8 Å². The average molecular weight is 394 g/mol. The highest BCUT2D eigenvalue weighted by molar-refractivity contribution is 5.89. The molecule has 1 unspecified atom stereocenters. The molecular formula is C20H26N8O. The van der Waals surface area contributed by atoms with Gasteiger partial charge in [0, 0.05) is 45.1 Å². The van der Waals surface area contributed by atoms with Crippen molar-refractivity contribution in [3.8, 4) is 0 Å². The van der Waals surface area contributed by atoms with Gasteiger partial charge in [0.15, 0.2) is 0 Å². The summed E-state index contributed by atoms with van der Waals surface area (Å²) in [6, 6.07) is 2.44. The smallest absolute Gasteiger partial charge is 0.321 e. The Bertz CT molecular complexity index is 1010. The number of aromatic amines is 1. The van der Waals surface area contributed by atoms with Crippen LogP contribution < -0.4 is 10.2 Å². The van der Waals surface area contributed by atoms with E-state index in [1.54, 1.807) is 12.5 Å². The number of nitrogens with one attached hydrogen (secondary N) is 2. The van der Waals surface area contributed by atoms with Crippen LogP contribution in [-0.4, -0.2) is 61.8 Å². The van der Waals surface area contributed by atoms with E-state index >= 15 is 0 Å². The Morgan fingerprint density at radius 2 is 2.10 bits per heavy atom. The van der Waals surface area contributed by atoms with E-state index in [1.165, 1.54) is 0 Å². The molecule has 3 aromatic rings. The van der Waals surface area contributed by atoms with E-state index in [4.69, 9.17) is 0 Å². The van der Waals surface area contributed by atoms with Crippen molar-refractivity contribution in [3.63, 3.8) is 0 Å². The van der Waals surface area contributed by atoms with Gasteiger partial charge in [-0.25, -0.2) is 14.8 Å². The number of hydrogen-bond donors (Lipinski definition) is 2. The Balaban J connectivity index is 1.21. The molecule has 2 N–H and O–H groups in total. The van der Waals surface area contributed by atoms with Crippen LogP contribution in [0, 0.1) is 11.8 Å². The van der Waals surface area contributed by atoms with Crippen LogP contribution in [-0.2, 0) is 6.54 Å². The van der Waals surface area contributed by atoms with E-state index in [1.807, 2.05) is 35.0 Å². The lowest BCUT2D eigenvalue weighted by Gasteiger charge is -2.28. The number of rotatable bonds is 4. The van der Waals surface area contributed by atoms with Crippen LogP contribution in [0.3, 0.4) is 0 Å². The maximum Gasteiger partial charge on any atom is 0.321 e. The predicted octanol–water partition coefficient (Wildman–Crippen LogP) is 2.55. The Hall–Kier alpha value is -3.10. The summed E-state index contributed by atoms with van der Waals surface area (Å²) in [7, 11) is 2.12. The van der Waals surface area contributed by atoms with Crippen molar-refractivity contribution in [3.05, 3.63) is 31.0 Å². The monoisotopic (exact) mass is 394 g/mol. The molecule has 0 spiro atoms. The molecule has 2 fully saturated rings. The third-order valence-electron chi connectivity index (χ3n) is 6.44. The molecule has 152 valence electrons. The first-order chi connectivity index (χ1) is 14.1. The van der Waals surface area contributed by atoms with E-state index in [0.717, 1.165) is 55.0 Å². The normalized spacial score (nSPS) is 23.5. The number of likely N-dealkylation sites (tertiary alicyclic amines) is 1. The Kier molecular flexibility index (Phi) is 4.37. The van der Waals surface area contributed by atoms with E-state index in [9.17, 15) is 4.79 Å². The summed E-state index contributed by atoms with van der Waals surface area (Å²) in [5.41, 5.74) is 1.63. The van der Waals surface area contributed by atoms with E-state index in [2.05, 4.69) is 37.3 Å². The molecule has 29 heavy (non-hydrogen) atoms. The molecule has 1 aliphatic carbocycles. The molecule has 0 radical (unpaired) electrons. The van der Waals surface area contributed by atoms with Gasteiger partial charge in [-0.05, 0) is 37.7 Å². The molecule has 1 aliphatic heterocycles. The molecule has 0 aromatic carbocycles. The minimum Gasteiger partial charge on any atom is -0.356 e. The second-order valence-corrected chi connectivity index (χ2v) is 8.11. The number of carbonyl (C=O) groups is 1. The van der Waals surface area contributed by atoms with Crippen molar-refractivity contribution in [1.29, 1.82) is 0 Å². The number of carbonyl (C=O) groups excluding carboxylic acids is 1. The van der Waals surface area contributed by atoms with E-state index < -0.39 is 0 Å². The molecule has 3 atom stereocenters. The number of hydrogen-bond acceptors (Lipinski definition) is 5. The van der Waals surface area contributed by atoms with Crippen molar-refractivity contribution >= 4 is 28.6 Å². The maximum atomic E-state index is 12.6. The largest absolute Gasteiger partial charge is 0.356 e. The highest BCUT2D eigenvalue weighted by Gasteiger charge is 2.44. The molecule has 4 heterocycles.